The number of hydrogen-bond acceptors (Lipinski definition) is 9. The first kappa shape index (κ1) is 21.7. The van der Waals surface area contributed by atoms with Crippen molar-refractivity contribution in [1.82, 2.24) is 15.3 Å². The van der Waals surface area contributed by atoms with E-state index in [1.165, 1.54) is 9.80 Å². The second kappa shape index (κ2) is 7.67. The molecular weight excluding hydrogens is 413 g/mol. The Morgan fingerprint density at radius 3 is 2.83 bits per heavy atom. The van der Waals surface area contributed by atoms with Crippen molar-refractivity contribution >= 4 is 23.4 Å². The maximum atomic E-state index is 12.4. The van der Waals surface area contributed by atoms with Crippen LogP contribution < -0.4 is 26.4 Å². The number of carbonyl (C=O) groups is 1. The molecule has 11 nitrogen and oxygen atoms in total. The summed E-state index contributed by atoms with van der Waals surface area (Å²) in [4.78, 5) is 32.4. The van der Waals surface area contributed by atoms with Gasteiger partial charge in [0.1, 0.15) is 18.5 Å². The van der Waals surface area contributed by atoms with E-state index in [9.17, 15) is 33.0 Å². The first-order chi connectivity index (χ1) is 14.0. The van der Waals surface area contributed by atoms with Crippen LogP contribution in [0.25, 0.3) is 0 Å². The Hall–Kier alpha value is -3.02. The first-order valence-corrected chi connectivity index (χ1v) is 8.71. The molecule has 164 valence electrons. The van der Waals surface area contributed by atoms with E-state index < -0.39 is 48.7 Å². The SMILES string of the molecule is C[C@]1(N2CN(C#CCNC(=O)C(F)(F)F)c3c2nc(N)[nH]c3=O)C[C@H](O)[C@@H](CO)O1. The predicted octanol–water partition coefficient (Wildman–Crippen LogP) is -1.57. The summed E-state index contributed by atoms with van der Waals surface area (Å²) < 4.78 is 42.4. The zero-order valence-corrected chi connectivity index (χ0v) is 15.7. The number of nitrogens with one attached hydrogen (secondary N) is 2. The molecule has 0 aliphatic carbocycles. The summed E-state index contributed by atoms with van der Waals surface area (Å²) in [5.74, 6) is 0.117. The van der Waals surface area contributed by atoms with Crippen LogP contribution in [0, 0.1) is 12.0 Å². The van der Waals surface area contributed by atoms with Gasteiger partial charge < -0.3 is 30.9 Å². The van der Waals surface area contributed by atoms with Crippen molar-refractivity contribution in [2.75, 3.05) is 35.4 Å². The monoisotopic (exact) mass is 432 g/mol. The molecule has 0 aromatic carbocycles. The number of H-pyrrole nitrogens is 1. The van der Waals surface area contributed by atoms with E-state index in [-0.39, 0.29) is 30.5 Å². The third-order valence-corrected chi connectivity index (χ3v) is 4.69. The van der Waals surface area contributed by atoms with E-state index in [4.69, 9.17) is 10.5 Å². The Kier molecular flexibility index (Phi) is 5.54. The molecule has 14 heteroatoms. The second-order valence-corrected chi connectivity index (χ2v) is 6.88. The number of aliphatic hydroxyl groups excluding tert-OH is 2. The van der Waals surface area contributed by atoms with E-state index in [0.29, 0.717) is 0 Å². The van der Waals surface area contributed by atoms with E-state index in [0.717, 1.165) is 0 Å². The molecule has 1 saturated heterocycles. The van der Waals surface area contributed by atoms with Gasteiger partial charge in [-0.15, -0.1) is 0 Å². The van der Waals surface area contributed by atoms with Crippen LogP contribution in [0.1, 0.15) is 13.3 Å². The van der Waals surface area contributed by atoms with Gasteiger partial charge in [0.05, 0.1) is 19.3 Å². The quantitative estimate of drug-likeness (QED) is 0.356. The van der Waals surface area contributed by atoms with Gasteiger partial charge in [-0.05, 0) is 6.92 Å². The highest BCUT2D eigenvalue weighted by molar-refractivity contribution is 5.82. The molecule has 6 N–H and O–H groups in total. The van der Waals surface area contributed by atoms with E-state index in [1.807, 2.05) is 0 Å². The van der Waals surface area contributed by atoms with E-state index in [2.05, 4.69) is 21.9 Å². The Morgan fingerprint density at radius 2 is 2.23 bits per heavy atom. The number of fused-ring (bicyclic) bond motifs is 1. The highest BCUT2D eigenvalue weighted by atomic mass is 19.4. The lowest BCUT2D eigenvalue weighted by Crippen LogP contribution is -2.48. The summed E-state index contributed by atoms with van der Waals surface area (Å²) >= 11 is 0. The van der Waals surface area contributed by atoms with Gasteiger partial charge in [-0.25, -0.2) is 0 Å². The van der Waals surface area contributed by atoms with Crippen molar-refractivity contribution in [2.24, 2.45) is 0 Å². The predicted molar refractivity (Wildman–Crippen MR) is 96.9 cm³/mol. The van der Waals surface area contributed by atoms with Crippen LogP contribution in [0.15, 0.2) is 4.79 Å². The number of rotatable bonds is 3. The number of amides is 1. The molecule has 30 heavy (non-hydrogen) atoms. The molecule has 2 aliphatic rings. The normalized spacial score (nSPS) is 25.7. The lowest BCUT2D eigenvalue weighted by Gasteiger charge is -2.35. The molecule has 0 spiro atoms. The van der Waals surface area contributed by atoms with Crippen LogP contribution in [-0.4, -0.2) is 70.0 Å². The van der Waals surface area contributed by atoms with Crippen LogP contribution in [0.5, 0.6) is 0 Å². The average molecular weight is 432 g/mol. The lowest BCUT2D eigenvalue weighted by molar-refractivity contribution is -0.173. The largest absolute Gasteiger partial charge is 0.471 e. The van der Waals surface area contributed by atoms with Crippen LogP contribution in [0.3, 0.4) is 0 Å². The number of aliphatic hydroxyl groups is 2. The van der Waals surface area contributed by atoms with Crippen LogP contribution in [0.2, 0.25) is 0 Å². The first-order valence-electron chi connectivity index (χ1n) is 8.71. The minimum absolute atomic E-state index is 0.0226. The Labute approximate surface area is 167 Å². The fraction of sp³-hybridized carbons (Fsp3) is 0.562. The molecular formula is C16H19F3N6O5. The molecule has 0 radical (unpaired) electrons. The molecule has 0 bridgehead atoms. The molecule has 0 saturated carbocycles. The van der Waals surface area contributed by atoms with Gasteiger partial charge in [0.2, 0.25) is 5.95 Å². The number of hydrogen-bond donors (Lipinski definition) is 5. The molecule has 1 fully saturated rings. The summed E-state index contributed by atoms with van der Waals surface area (Å²) in [6.07, 6.45) is -6.78. The van der Waals surface area contributed by atoms with Crippen molar-refractivity contribution < 1.29 is 32.9 Å². The van der Waals surface area contributed by atoms with Crippen LogP contribution in [-0.2, 0) is 9.53 Å². The Bertz CT molecular complexity index is 957. The number of halogens is 3. The van der Waals surface area contributed by atoms with Gasteiger partial charge in [-0.3, -0.25) is 19.5 Å². The third-order valence-electron chi connectivity index (χ3n) is 4.69. The number of carbonyl (C=O) groups excluding carboxylic acids is 1. The second-order valence-electron chi connectivity index (χ2n) is 6.88. The summed E-state index contributed by atoms with van der Waals surface area (Å²) in [5, 5.41) is 21.1. The highest BCUT2D eigenvalue weighted by Crippen LogP contribution is 2.42. The van der Waals surface area contributed by atoms with Crippen molar-refractivity contribution in [3.05, 3.63) is 10.4 Å². The van der Waals surface area contributed by atoms with Crippen molar-refractivity contribution in [2.45, 2.75) is 37.5 Å². The number of aromatic nitrogens is 2. The van der Waals surface area contributed by atoms with Gasteiger partial charge in [0, 0.05) is 12.5 Å². The summed E-state index contributed by atoms with van der Waals surface area (Å²) in [7, 11) is 0. The average Bonchev–Trinajstić information content (AvgIpc) is 3.15. The zero-order chi connectivity index (χ0) is 22.3. The van der Waals surface area contributed by atoms with Crippen molar-refractivity contribution in [3.63, 3.8) is 0 Å². The highest BCUT2D eigenvalue weighted by Gasteiger charge is 2.50. The maximum Gasteiger partial charge on any atom is 0.471 e. The number of ether oxygens (including phenoxy) is 1. The summed E-state index contributed by atoms with van der Waals surface area (Å²) in [5.41, 5.74) is 3.79. The van der Waals surface area contributed by atoms with Gasteiger partial charge in [-0.2, -0.15) is 18.2 Å². The van der Waals surface area contributed by atoms with Crippen molar-refractivity contribution in [3.8, 4) is 12.0 Å². The number of nitrogen functional groups attached to an aromatic ring is 1. The Morgan fingerprint density at radius 1 is 1.53 bits per heavy atom. The number of anilines is 3. The van der Waals surface area contributed by atoms with E-state index >= 15 is 0 Å². The van der Waals surface area contributed by atoms with Crippen molar-refractivity contribution in [1.29, 1.82) is 0 Å². The minimum atomic E-state index is -5.03. The molecule has 2 aliphatic heterocycles. The lowest BCUT2D eigenvalue weighted by atomic mass is 10.1. The smallest absolute Gasteiger partial charge is 0.394 e. The number of aromatic amines is 1. The standard InChI is InChI=1S/C16H19F3N6O5/c1-15(5-8(27)9(6-26)30-15)25-7-24(4-2-3-21-13(29)16(17,18)19)10-11(25)22-14(20)23-12(10)28/h8-9,26-27H,3,5-7H2,1H3,(H,21,29)(H3,20,22,23,28)/t8-,9+,15+/m0/s1. The van der Waals surface area contributed by atoms with Gasteiger partial charge in [0.15, 0.2) is 11.5 Å². The number of nitrogens with two attached hydrogens (primary N) is 1. The summed E-state index contributed by atoms with van der Waals surface area (Å²) in [6.45, 7) is 0.500. The molecule has 3 atom stereocenters. The number of nitrogens with zero attached hydrogens (tertiary/aromatic N) is 3. The molecule has 3 heterocycles. The van der Waals surface area contributed by atoms with Gasteiger partial charge in [-0.1, -0.05) is 5.92 Å². The maximum absolute atomic E-state index is 12.4. The minimum Gasteiger partial charge on any atom is -0.394 e. The fourth-order valence-electron chi connectivity index (χ4n) is 3.31. The Balaban J connectivity index is 1.87. The van der Waals surface area contributed by atoms with Crippen LogP contribution >= 0.6 is 0 Å². The van der Waals surface area contributed by atoms with Crippen LogP contribution in [0.4, 0.5) is 30.6 Å². The third kappa shape index (κ3) is 3.99. The summed E-state index contributed by atoms with van der Waals surface area (Å²) in [6, 6.07) is 2.50. The van der Waals surface area contributed by atoms with Gasteiger partial charge >= 0.3 is 12.1 Å². The molecule has 3 rings (SSSR count). The molecule has 1 aromatic rings. The fourth-order valence-corrected chi connectivity index (χ4v) is 3.31. The van der Waals surface area contributed by atoms with Gasteiger partial charge in [0.25, 0.3) is 5.56 Å². The molecule has 1 aromatic heterocycles. The molecule has 0 unspecified atom stereocenters. The zero-order valence-electron chi connectivity index (χ0n) is 15.7. The molecule has 1 amide bonds. The number of alkyl halides is 3. The van der Waals surface area contributed by atoms with E-state index in [1.54, 1.807) is 12.2 Å². The topological polar surface area (TPSA) is 157 Å².